The van der Waals surface area contributed by atoms with Gasteiger partial charge in [0.25, 0.3) is 0 Å². The summed E-state index contributed by atoms with van der Waals surface area (Å²) in [7, 11) is 0. The van der Waals surface area contributed by atoms with E-state index < -0.39 is 0 Å². The average Bonchev–Trinajstić information content (AvgIpc) is 2.97. The molecule has 98 valence electrons. The predicted octanol–water partition coefficient (Wildman–Crippen LogP) is 2.52. The number of rotatable bonds is 2. The highest BCUT2D eigenvalue weighted by Gasteiger charge is 2.13. The summed E-state index contributed by atoms with van der Waals surface area (Å²) in [6.07, 6.45) is 0. The van der Waals surface area contributed by atoms with Crippen molar-refractivity contribution in [3.05, 3.63) is 30.0 Å². The highest BCUT2D eigenvalue weighted by molar-refractivity contribution is 7.80. The molecule has 7 heteroatoms. The number of fused-ring (bicyclic) bond motifs is 1. The molecule has 0 fully saturated rings. The van der Waals surface area contributed by atoms with Gasteiger partial charge in [-0.3, -0.25) is 0 Å². The Kier molecular flexibility index (Phi) is 2.96. The number of thiocarbonyl (C=S) groups is 1. The van der Waals surface area contributed by atoms with Crippen LogP contribution in [0.25, 0.3) is 0 Å². The summed E-state index contributed by atoms with van der Waals surface area (Å²) in [4.78, 5) is 0. The molecule has 1 aliphatic rings. The van der Waals surface area contributed by atoms with E-state index in [1.54, 1.807) is 6.07 Å². The number of aryl methyl sites for hydroxylation is 1. The normalized spacial score (nSPS) is 12.3. The molecule has 6 nitrogen and oxygen atoms in total. The molecule has 2 aromatic rings. The molecule has 2 N–H and O–H groups in total. The van der Waals surface area contributed by atoms with Crippen molar-refractivity contribution in [2.45, 2.75) is 6.92 Å². The Balaban J connectivity index is 1.66. The minimum absolute atomic E-state index is 0.250. The SMILES string of the molecule is Cc1cc(NC(=S)Nc2ccc3c(c2)OCO3)no1. The van der Waals surface area contributed by atoms with E-state index in [4.69, 9.17) is 26.2 Å². The van der Waals surface area contributed by atoms with Crippen molar-refractivity contribution in [2.24, 2.45) is 0 Å². The van der Waals surface area contributed by atoms with Crippen LogP contribution in [0.1, 0.15) is 5.76 Å². The van der Waals surface area contributed by atoms with E-state index in [0.717, 1.165) is 11.4 Å². The van der Waals surface area contributed by atoms with Crippen molar-refractivity contribution >= 4 is 28.8 Å². The molecule has 1 aliphatic heterocycles. The van der Waals surface area contributed by atoms with Gasteiger partial charge in [-0.2, -0.15) is 0 Å². The topological polar surface area (TPSA) is 68.5 Å². The molecule has 3 rings (SSSR count). The number of hydrogen-bond donors (Lipinski definition) is 2. The predicted molar refractivity (Wildman–Crippen MR) is 73.6 cm³/mol. The number of ether oxygens (including phenoxy) is 2. The number of hydrogen-bond acceptors (Lipinski definition) is 5. The summed E-state index contributed by atoms with van der Waals surface area (Å²) in [5, 5.41) is 10.2. The van der Waals surface area contributed by atoms with Crippen LogP contribution < -0.4 is 20.1 Å². The number of benzene rings is 1. The first-order valence-electron chi connectivity index (χ1n) is 5.62. The van der Waals surface area contributed by atoms with Crippen molar-refractivity contribution in [3.63, 3.8) is 0 Å². The zero-order chi connectivity index (χ0) is 13.2. The van der Waals surface area contributed by atoms with E-state index in [0.29, 0.717) is 22.4 Å². The molecule has 0 saturated heterocycles. The summed E-state index contributed by atoms with van der Waals surface area (Å²) in [5.74, 6) is 2.71. The lowest BCUT2D eigenvalue weighted by atomic mass is 10.3. The van der Waals surface area contributed by atoms with Gasteiger partial charge in [-0.05, 0) is 31.3 Å². The van der Waals surface area contributed by atoms with Gasteiger partial charge < -0.3 is 24.6 Å². The Hall–Kier alpha value is -2.28. The minimum atomic E-state index is 0.250. The lowest BCUT2D eigenvalue weighted by Gasteiger charge is -2.08. The Morgan fingerprint density at radius 1 is 1.21 bits per heavy atom. The van der Waals surface area contributed by atoms with Crippen LogP contribution >= 0.6 is 12.2 Å². The largest absolute Gasteiger partial charge is 0.454 e. The van der Waals surface area contributed by atoms with Gasteiger partial charge in [-0.15, -0.1) is 0 Å². The molecule has 0 amide bonds. The van der Waals surface area contributed by atoms with E-state index >= 15 is 0 Å². The molecule has 0 bridgehead atoms. The number of anilines is 2. The van der Waals surface area contributed by atoms with Crippen LogP contribution in [0, 0.1) is 6.92 Å². The van der Waals surface area contributed by atoms with Gasteiger partial charge in [0, 0.05) is 17.8 Å². The van der Waals surface area contributed by atoms with Gasteiger partial charge in [-0.25, -0.2) is 0 Å². The van der Waals surface area contributed by atoms with Gasteiger partial charge in [0.2, 0.25) is 6.79 Å². The average molecular weight is 277 g/mol. The van der Waals surface area contributed by atoms with Crippen molar-refractivity contribution in [1.82, 2.24) is 5.16 Å². The summed E-state index contributed by atoms with van der Waals surface area (Å²) in [6.45, 7) is 2.06. The van der Waals surface area contributed by atoms with Gasteiger partial charge in [0.05, 0.1) is 0 Å². The van der Waals surface area contributed by atoms with Gasteiger partial charge in [0.1, 0.15) is 5.76 Å². The standard InChI is InChI=1S/C12H11N3O3S/c1-7-4-11(15-18-7)14-12(19)13-8-2-3-9-10(5-8)17-6-16-9/h2-5H,6H2,1H3,(H2,13,14,15,19). The van der Waals surface area contributed by atoms with E-state index in [9.17, 15) is 0 Å². The maximum absolute atomic E-state index is 5.29. The molecule has 0 spiro atoms. The molecule has 0 saturated carbocycles. The van der Waals surface area contributed by atoms with Gasteiger partial charge >= 0.3 is 0 Å². The molecular formula is C12H11N3O3S. The van der Waals surface area contributed by atoms with Crippen LogP contribution in [0.4, 0.5) is 11.5 Å². The van der Waals surface area contributed by atoms with Crippen molar-refractivity contribution in [3.8, 4) is 11.5 Å². The summed E-state index contributed by atoms with van der Waals surface area (Å²) >= 11 is 5.18. The molecule has 1 aromatic carbocycles. The third-order valence-corrected chi connectivity index (χ3v) is 2.70. The zero-order valence-electron chi connectivity index (χ0n) is 10.1. The fourth-order valence-electron chi connectivity index (χ4n) is 1.68. The molecule has 0 atom stereocenters. The highest BCUT2D eigenvalue weighted by Crippen LogP contribution is 2.34. The quantitative estimate of drug-likeness (QED) is 0.817. The maximum Gasteiger partial charge on any atom is 0.231 e. The Bertz CT molecular complexity index is 626. The van der Waals surface area contributed by atoms with Crippen LogP contribution in [-0.4, -0.2) is 17.1 Å². The first-order valence-corrected chi connectivity index (χ1v) is 6.02. The van der Waals surface area contributed by atoms with E-state index in [1.807, 2.05) is 25.1 Å². The zero-order valence-corrected chi connectivity index (χ0v) is 10.9. The highest BCUT2D eigenvalue weighted by atomic mass is 32.1. The van der Waals surface area contributed by atoms with Crippen molar-refractivity contribution in [1.29, 1.82) is 0 Å². The second kappa shape index (κ2) is 4.77. The molecule has 0 aliphatic carbocycles. The lowest BCUT2D eigenvalue weighted by Crippen LogP contribution is -2.19. The molecular weight excluding hydrogens is 266 g/mol. The fraction of sp³-hybridized carbons (Fsp3) is 0.167. The Morgan fingerprint density at radius 2 is 2.05 bits per heavy atom. The fourth-order valence-corrected chi connectivity index (χ4v) is 1.90. The van der Waals surface area contributed by atoms with E-state index in [2.05, 4.69) is 15.8 Å². The second-order valence-corrected chi connectivity index (χ2v) is 4.38. The maximum atomic E-state index is 5.29. The molecule has 0 radical (unpaired) electrons. The lowest BCUT2D eigenvalue weighted by molar-refractivity contribution is 0.174. The van der Waals surface area contributed by atoms with Crippen LogP contribution in [0.15, 0.2) is 28.8 Å². The third-order valence-electron chi connectivity index (χ3n) is 2.50. The van der Waals surface area contributed by atoms with E-state index in [-0.39, 0.29) is 6.79 Å². The first kappa shape index (κ1) is 11.8. The Labute approximate surface area is 114 Å². The third kappa shape index (κ3) is 2.60. The summed E-state index contributed by atoms with van der Waals surface area (Å²) < 4.78 is 15.5. The van der Waals surface area contributed by atoms with Gasteiger partial charge in [0.15, 0.2) is 22.4 Å². The molecule has 19 heavy (non-hydrogen) atoms. The van der Waals surface area contributed by atoms with Crippen LogP contribution in [0.2, 0.25) is 0 Å². The van der Waals surface area contributed by atoms with Crippen molar-refractivity contribution < 1.29 is 14.0 Å². The summed E-state index contributed by atoms with van der Waals surface area (Å²) in [5.41, 5.74) is 0.807. The molecule has 0 unspecified atom stereocenters. The van der Waals surface area contributed by atoms with Gasteiger partial charge in [-0.1, -0.05) is 5.16 Å². The van der Waals surface area contributed by atoms with E-state index in [1.165, 1.54) is 0 Å². The molecule has 2 heterocycles. The first-order chi connectivity index (χ1) is 9.20. The van der Waals surface area contributed by atoms with Crippen molar-refractivity contribution in [2.75, 3.05) is 17.4 Å². The second-order valence-electron chi connectivity index (χ2n) is 3.97. The Morgan fingerprint density at radius 3 is 2.84 bits per heavy atom. The molecule has 1 aromatic heterocycles. The van der Waals surface area contributed by atoms with Crippen LogP contribution in [0.3, 0.4) is 0 Å². The van der Waals surface area contributed by atoms with Crippen LogP contribution in [0.5, 0.6) is 11.5 Å². The smallest absolute Gasteiger partial charge is 0.231 e. The minimum Gasteiger partial charge on any atom is -0.454 e. The number of nitrogens with one attached hydrogen (secondary N) is 2. The summed E-state index contributed by atoms with van der Waals surface area (Å²) in [6, 6.07) is 7.26. The number of nitrogens with zero attached hydrogens (tertiary/aromatic N) is 1. The number of aromatic nitrogens is 1. The van der Waals surface area contributed by atoms with Crippen LogP contribution in [-0.2, 0) is 0 Å². The monoisotopic (exact) mass is 277 g/mol.